The third kappa shape index (κ3) is 3.49. The monoisotopic (exact) mass is 278 g/mol. The number of nitrogens with one attached hydrogen (secondary N) is 2. The maximum absolute atomic E-state index is 11.9. The second-order valence-corrected chi connectivity index (χ2v) is 4.67. The van der Waals surface area contributed by atoms with Crippen molar-refractivity contribution in [2.24, 2.45) is 0 Å². The van der Waals surface area contributed by atoms with Gasteiger partial charge in [-0.2, -0.15) is 0 Å². The van der Waals surface area contributed by atoms with Gasteiger partial charge in [0.05, 0.1) is 6.61 Å². The Balaban J connectivity index is 1.98. The Morgan fingerprint density at radius 3 is 2.90 bits per heavy atom. The molecule has 1 aliphatic heterocycles. The van der Waals surface area contributed by atoms with E-state index < -0.39 is 0 Å². The minimum absolute atomic E-state index is 0.0000775. The van der Waals surface area contributed by atoms with Crippen molar-refractivity contribution in [1.29, 1.82) is 0 Å². The lowest BCUT2D eigenvalue weighted by Gasteiger charge is -2.11. The van der Waals surface area contributed by atoms with Crippen LogP contribution in [0, 0.1) is 0 Å². The molecule has 1 atom stereocenters. The van der Waals surface area contributed by atoms with E-state index in [4.69, 9.17) is 9.47 Å². The molecule has 1 unspecified atom stereocenters. The van der Waals surface area contributed by atoms with Crippen molar-refractivity contribution in [2.45, 2.75) is 26.3 Å². The molecule has 1 aromatic rings. The number of amides is 1. The summed E-state index contributed by atoms with van der Waals surface area (Å²) in [4.78, 5) is 11.9. The fourth-order valence-corrected chi connectivity index (χ4v) is 2.19. The SMILES string of the molecule is CCCNC1C(=O)Nc2cc(OCCOCC)ccc21. The van der Waals surface area contributed by atoms with Gasteiger partial charge in [0, 0.05) is 23.9 Å². The molecule has 2 rings (SSSR count). The summed E-state index contributed by atoms with van der Waals surface area (Å²) >= 11 is 0. The maximum atomic E-state index is 11.9. The van der Waals surface area contributed by atoms with E-state index in [1.165, 1.54) is 0 Å². The van der Waals surface area contributed by atoms with Crippen LogP contribution in [0.25, 0.3) is 0 Å². The maximum Gasteiger partial charge on any atom is 0.246 e. The second-order valence-electron chi connectivity index (χ2n) is 4.67. The predicted octanol–water partition coefficient (Wildman–Crippen LogP) is 2.09. The lowest BCUT2D eigenvalue weighted by atomic mass is 10.1. The molecule has 1 amide bonds. The summed E-state index contributed by atoms with van der Waals surface area (Å²) < 4.78 is 10.8. The Bertz CT molecular complexity index is 462. The van der Waals surface area contributed by atoms with E-state index in [0.29, 0.717) is 19.8 Å². The Morgan fingerprint density at radius 2 is 2.15 bits per heavy atom. The molecule has 110 valence electrons. The number of fused-ring (bicyclic) bond motifs is 1. The summed E-state index contributed by atoms with van der Waals surface area (Å²) in [7, 11) is 0. The van der Waals surface area contributed by atoms with Crippen LogP contribution in [0.15, 0.2) is 18.2 Å². The molecule has 0 aromatic heterocycles. The second kappa shape index (κ2) is 7.26. The summed E-state index contributed by atoms with van der Waals surface area (Å²) in [5.41, 5.74) is 1.82. The molecule has 0 saturated heterocycles. The first kappa shape index (κ1) is 14.8. The van der Waals surface area contributed by atoms with Crippen molar-refractivity contribution < 1.29 is 14.3 Å². The average Bonchev–Trinajstić information content (AvgIpc) is 2.76. The highest BCUT2D eigenvalue weighted by Crippen LogP contribution is 2.33. The Morgan fingerprint density at radius 1 is 1.30 bits per heavy atom. The first-order valence-corrected chi connectivity index (χ1v) is 7.15. The van der Waals surface area contributed by atoms with Crippen molar-refractivity contribution in [3.05, 3.63) is 23.8 Å². The van der Waals surface area contributed by atoms with Gasteiger partial charge in [-0.3, -0.25) is 4.79 Å². The zero-order valence-corrected chi connectivity index (χ0v) is 12.1. The summed E-state index contributed by atoms with van der Waals surface area (Å²) in [6, 6.07) is 5.46. The predicted molar refractivity (Wildman–Crippen MR) is 78.1 cm³/mol. The topological polar surface area (TPSA) is 59.6 Å². The summed E-state index contributed by atoms with van der Waals surface area (Å²) in [6.45, 7) is 6.63. The smallest absolute Gasteiger partial charge is 0.246 e. The van der Waals surface area contributed by atoms with Crippen LogP contribution in [-0.2, 0) is 9.53 Å². The van der Waals surface area contributed by atoms with Gasteiger partial charge in [-0.05, 0) is 26.0 Å². The normalized spacial score (nSPS) is 16.9. The Kier molecular flexibility index (Phi) is 5.38. The summed E-state index contributed by atoms with van der Waals surface area (Å²) in [6.07, 6.45) is 0.998. The van der Waals surface area contributed by atoms with E-state index in [1.807, 2.05) is 25.1 Å². The highest BCUT2D eigenvalue weighted by molar-refractivity contribution is 6.02. The molecule has 0 spiro atoms. The van der Waals surface area contributed by atoms with Crippen LogP contribution in [0.2, 0.25) is 0 Å². The van der Waals surface area contributed by atoms with Crippen molar-refractivity contribution in [1.82, 2.24) is 5.32 Å². The van der Waals surface area contributed by atoms with Gasteiger partial charge < -0.3 is 20.1 Å². The number of rotatable bonds is 8. The molecule has 20 heavy (non-hydrogen) atoms. The standard InChI is InChI=1S/C15H22N2O3/c1-3-7-16-14-12-6-5-11(20-9-8-19-4-2)10-13(12)17-15(14)18/h5-6,10,14,16H,3-4,7-9H2,1-2H3,(H,17,18). The summed E-state index contributed by atoms with van der Waals surface area (Å²) in [5.74, 6) is 0.750. The van der Waals surface area contributed by atoms with E-state index in [1.54, 1.807) is 0 Å². The number of anilines is 1. The van der Waals surface area contributed by atoms with E-state index in [2.05, 4.69) is 17.6 Å². The van der Waals surface area contributed by atoms with Crippen LogP contribution in [0.1, 0.15) is 31.9 Å². The zero-order chi connectivity index (χ0) is 14.4. The number of hydrogen-bond donors (Lipinski definition) is 2. The molecule has 5 heteroatoms. The minimum Gasteiger partial charge on any atom is -0.491 e. The number of benzene rings is 1. The van der Waals surface area contributed by atoms with Gasteiger partial charge in [0.15, 0.2) is 0 Å². The molecule has 0 radical (unpaired) electrons. The quantitative estimate of drug-likeness (QED) is 0.715. The van der Waals surface area contributed by atoms with Crippen LogP contribution >= 0.6 is 0 Å². The lowest BCUT2D eigenvalue weighted by Crippen LogP contribution is -2.27. The number of carbonyl (C=O) groups is 1. The molecule has 0 fully saturated rings. The fourth-order valence-electron chi connectivity index (χ4n) is 2.19. The lowest BCUT2D eigenvalue weighted by molar-refractivity contribution is -0.117. The number of ether oxygens (including phenoxy) is 2. The highest BCUT2D eigenvalue weighted by Gasteiger charge is 2.29. The minimum atomic E-state index is -0.248. The van der Waals surface area contributed by atoms with E-state index in [-0.39, 0.29) is 11.9 Å². The molecule has 5 nitrogen and oxygen atoms in total. The average molecular weight is 278 g/mol. The highest BCUT2D eigenvalue weighted by atomic mass is 16.5. The molecule has 0 aliphatic carbocycles. The van der Waals surface area contributed by atoms with Crippen LogP contribution < -0.4 is 15.4 Å². The first-order valence-electron chi connectivity index (χ1n) is 7.15. The van der Waals surface area contributed by atoms with E-state index >= 15 is 0 Å². The van der Waals surface area contributed by atoms with Crippen LogP contribution in [0.5, 0.6) is 5.75 Å². The molecule has 1 aromatic carbocycles. The van der Waals surface area contributed by atoms with Gasteiger partial charge in [-0.15, -0.1) is 0 Å². The van der Waals surface area contributed by atoms with Crippen molar-refractivity contribution >= 4 is 11.6 Å². The Hall–Kier alpha value is -1.59. The molecular weight excluding hydrogens is 256 g/mol. The van der Waals surface area contributed by atoms with E-state index in [0.717, 1.165) is 30.0 Å². The summed E-state index contributed by atoms with van der Waals surface area (Å²) in [5, 5.41) is 6.13. The molecule has 0 bridgehead atoms. The van der Waals surface area contributed by atoms with Gasteiger partial charge >= 0.3 is 0 Å². The fraction of sp³-hybridized carbons (Fsp3) is 0.533. The zero-order valence-electron chi connectivity index (χ0n) is 12.1. The third-order valence-corrected chi connectivity index (χ3v) is 3.15. The molecule has 1 heterocycles. The van der Waals surface area contributed by atoms with Gasteiger partial charge in [-0.1, -0.05) is 13.0 Å². The van der Waals surface area contributed by atoms with Crippen molar-refractivity contribution in [3.8, 4) is 5.75 Å². The van der Waals surface area contributed by atoms with Crippen LogP contribution in [0.4, 0.5) is 5.69 Å². The molecule has 1 aliphatic rings. The van der Waals surface area contributed by atoms with Crippen LogP contribution in [-0.4, -0.2) is 32.3 Å². The molecule has 0 saturated carbocycles. The van der Waals surface area contributed by atoms with Gasteiger partial charge in [0.1, 0.15) is 18.4 Å². The van der Waals surface area contributed by atoms with Gasteiger partial charge in [0.25, 0.3) is 0 Å². The third-order valence-electron chi connectivity index (χ3n) is 3.15. The van der Waals surface area contributed by atoms with Gasteiger partial charge in [0.2, 0.25) is 5.91 Å². The molecular formula is C15H22N2O3. The largest absolute Gasteiger partial charge is 0.491 e. The first-order chi connectivity index (χ1) is 9.76. The van der Waals surface area contributed by atoms with E-state index in [9.17, 15) is 4.79 Å². The van der Waals surface area contributed by atoms with Crippen molar-refractivity contribution in [2.75, 3.05) is 31.7 Å². The number of hydrogen-bond acceptors (Lipinski definition) is 4. The van der Waals surface area contributed by atoms with Crippen molar-refractivity contribution in [3.63, 3.8) is 0 Å². The van der Waals surface area contributed by atoms with Gasteiger partial charge in [-0.25, -0.2) is 0 Å². The number of carbonyl (C=O) groups excluding carboxylic acids is 1. The Labute approximate surface area is 119 Å². The van der Waals surface area contributed by atoms with Crippen LogP contribution in [0.3, 0.4) is 0 Å². The molecule has 2 N–H and O–H groups in total.